The van der Waals surface area contributed by atoms with E-state index in [4.69, 9.17) is 9.47 Å². The Morgan fingerprint density at radius 1 is 0.667 bits per heavy atom. The van der Waals surface area contributed by atoms with Gasteiger partial charge in [-0.3, -0.25) is 14.6 Å². The van der Waals surface area contributed by atoms with Crippen molar-refractivity contribution in [3.05, 3.63) is 89.7 Å². The van der Waals surface area contributed by atoms with Crippen LogP contribution in [0.4, 0.5) is 0 Å². The van der Waals surface area contributed by atoms with Crippen molar-refractivity contribution < 1.29 is 139 Å². The standard InChI is InChI=1S/C22H19NO4.5Co.La/c1-15(24)26-19-10-6-17(7-11-19)22(21-5-3-4-14-23-21)18-8-12-20(13-9-18)27-16(2)25;;;;;;/h3-14,22H,1-2H3;;;;;;. The molecule has 0 aliphatic heterocycles. The quantitative estimate of drug-likeness (QED) is 0.288. The van der Waals surface area contributed by atoms with Crippen molar-refractivity contribution >= 4 is 11.9 Å². The Morgan fingerprint density at radius 3 is 1.36 bits per heavy atom. The summed E-state index contributed by atoms with van der Waals surface area (Å²) in [4.78, 5) is 26.7. The first kappa shape index (κ1) is 40.4. The van der Waals surface area contributed by atoms with Crippen LogP contribution in [0.3, 0.4) is 0 Å². The number of carbonyl (C=O) groups excluding carboxylic acids is 2. The molecule has 0 saturated carbocycles. The number of benzene rings is 2. The molecule has 3 aromatic rings. The number of hydrogen-bond acceptors (Lipinski definition) is 5. The van der Waals surface area contributed by atoms with Gasteiger partial charge in [0.25, 0.3) is 0 Å². The van der Waals surface area contributed by atoms with Crippen molar-refractivity contribution in [1.82, 2.24) is 4.98 Å². The van der Waals surface area contributed by atoms with Gasteiger partial charge >= 0.3 is 11.9 Å². The molecule has 1 aromatic heterocycles. The molecule has 0 aliphatic carbocycles. The molecule has 0 amide bonds. The van der Waals surface area contributed by atoms with Gasteiger partial charge in [-0.05, 0) is 47.5 Å². The predicted molar refractivity (Wildman–Crippen MR) is 101 cm³/mol. The van der Waals surface area contributed by atoms with Crippen molar-refractivity contribution in [2.75, 3.05) is 0 Å². The first-order valence-corrected chi connectivity index (χ1v) is 8.50. The molecule has 2 aromatic carbocycles. The molecule has 6 radical (unpaired) electrons. The minimum Gasteiger partial charge on any atom is -0.427 e. The first-order valence-electron chi connectivity index (χ1n) is 8.50. The summed E-state index contributed by atoms with van der Waals surface area (Å²) >= 11 is 0. The Labute approximate surface area is 273 Å². The van der Waals surface area contributed by atoms with Crippen LogP contribution in [0.2, 0.25) is 0 Å². The maximum Gasteiger partial charge on any atom is 0.308 e. The van der Waals surface area contributed by atoms with Crippen molar-refractivity contribution in [3.63, 3.8) is 0 Å². The molecule has 184 valence electrons. The van der Waals surface area contributed by atoms with E-state index in [1.165, 1.54) is 13.8 Å². The van der Waals surface area contributed by atoms with Crippen LogP contribution in [-0.4, -0.2) is 16.9 Å². The van der Waals surface area contributed by atoms with Gasteiger partial charge in [0.2, 0.25) is 0 Å². The van der Waals surface area contributed by atoms with Crippen LogP contribution < -0.4 is 9.47 Å². The van der Waals surface area contributed by atoms with Crippen LogP contribution in [0.1, 0.15) is 36.6 Å². The minimum absolute atomic E-state index is 0. The van der Waals surface area contributed by atoms with Crippen LogP contribution in [-0.2, 0) is 93.5 Å². The van der Waals surface area contributed by atoms with Crippen LogP contribution in [0, 0.1) is 35.6 Å². The molecule has 0 unspecified atom stereocenters. The van der Waals surface area contributed by atoms with Crippen LogP contribution >= 0.6 is 0 Å². The minimum atomic E-state index is -0.356. The fourth-order valence-corrected chi connectivity index (χ4v) is 2.87. The summed E-state index contributed by atoms with van der Waals surface area (Å²) < 4.78 is 10.2. The summed E-state index contributed by atoms with van der Waals surface area (Å²) in [5.74, 6) is 0.173. The molecule has 0 saturated heterocycles. The van der Waals surface area contributed by atoms with Crippen LogP contribution in [0.25, 0.3) is 0 Å². The van der Waals surface area contributed by atoms with Gasteiger partial charge in [-0.15, -0.1) is 0 Å². The van der Waals surface area contributed by atoms with E-state index in [1.54, 1.807) is 30.5 Å². The van der Waals surface area contributed by atoms with E-state index in [0.717, 1.165) is 16.8 Å². The zero-order chi connectivity index (χ0) is 19.2. The molecule has 11 heteroatoms. The van der Waals surface area contributed by atoms with Gasteiger partial charge in [-0.2, -0.15) is 0 Å². The fraction of sp³-hybridized carbons (Fsp3) is 0.136. The molecule has 0 atom stereocenters. The Balaban J connectivity index is -0.000000701. The summed E-state index contributed by atoms with van der Waals surface area (Å²) in [6.45, 7) is 2.74. The molecule has 5 nitrogen and oxygen atoms in total. The van der Waals surface area contributed by atoms with Gasteiger partial charge in [0, 0.05) is 140 Å². The summed E-state index contributed by atoms with van der Waals surface area (Å²) in [5.41, 5.74) is 2.90. The second-order valence-corrected chi connectivity index (χ2v) is 6.01. The molecule has 0 spiro atoms. The van der Waals surface area contributed by atoms with E-state index < -0.39 is 0 Å². The summed E-state index contributed by atoms with van der Waals surface area (Å²) in [6.07, 6.45) is 1.75. The number of esters is 2. The topological polar surface area (TPSA) is 65.5 Å². The second-order valence-electron chi connectivity index (χ2n) is 6.01. The summed E-state index contributed by atoms with van der Waals surface area (Å²) in [7, 11) is 0. The van der Waals surface area contributed by atoms with Gasteiger partial charge in [-0.25, -0.2) is 0 Å². The zero-order valence-electron chi connectivity index (χ0n) is 17.3. The third-order valence-corrected chi connectivity index (χ3v) is 3.93. The molecule has 33 heavy (non-hydrogen) atoms. The first-order chi connectivity index (χ1) is 13.0. The normalized spacial score (nSPS) is 8.58. The van der Waals surface area contributed by atoms with E-state index in [0.29, 0.717) is 11.5 Å². The van der Waals surface area contributed by atoms with E-state index >= 15 is 0 Å². The van der Waals surface area contributed by atoms with Crippen molar-refractivity contribution in [3.8, 4) is 11.5 Å². The number of aromatic nitrogens is 1. The van der Waals surface area contributed by atoms with Crippen molar-refractivity contribution in [2.45, 2.75) is 19.8 Å². The Morgan fingerprint density at radius 2 is 1.06 bits per heavy atom. The Kier molecular flexibility index (Phi) is 25.1. The molecular formula is C22H19Co5LaNO4. The third kappa shape index (κ3) is 12.7. The van der Waals surface area contributed by atoms with E-state index in [2.05, 4.69) is 4.98 Å². The van der Waals surface area contributed by atoms with Gasteiger partial charge < -0.3 is 9.47 Å². The number of carbonyl (C=O) groups is 2. The molecule has 0 bridgehead atoms. The number of pyridine rings is 1. The molecule has 3 rings (SSSR count). The van der Waals surface area contributed by atoms with E-state index in [-0.39, 0.29) is 137 Å². The number of hydrogen-bond donors (Lipinski definition) is 0. The Bertz CT molecular complexity index is 886. The third-order valence-electron chi connectivity index (χ3n) is 3.93. The van der Waals surface area contributed by atoms with E-state index in [1.807, 2.05) is 42.5 Å². The smallest absolute Gasteiger partial charge is 0.308 e. The number of nitrogens with zero attached hydrogens (tertiary/aromatic N) is 1. The Hall–Kier alpha value is 0.257. The molecule has 1 heterocycles. The average molecular weight is 795 g/mol. The van der Waals surface area contributed by atoms with Crippen molar-refractivity contribution in [2.24, 2.45) is 0 Å². The predicted octanol–water partition coefficient (Wildman–Crippen LogP) is 4.10. The van der Waals surface area contributed by atoms with Gasteiger partial charge in [0.1, 0.15) is 11.5 Å². The van der Waals surface area contributed by atoms with E-state index in [9.17, 15) is 9.59 Å². The average Bonchev–Trinajstić information content (AvgIpc) is 2.65. The number of rotatable bonds is 5. The fourth-order valence-electron chi connectivity index (χ4n) is 2.87. The van der Waals surface area contributed by atoms with Crippen LogP contribution in [0.15, 0.2) is 72.9 Å². The van der Waals surface area contributed by atoms with Crippen molar-refractivity contribution in [1.29, 1.82) is 0 Å². The monoisotopic (exact) mass is 795 g/mol. The summed E-state index contributed by atoms with van der Waals surface area (Å²) in [6, 6.07) is 20.5. The largest absolute Gasteiger partial charge is 0.427 e. The molecule has 0 N–H and O–H groups in total. The van der Waals surface area contributed by atoms with Gasteiger partial charge in [0.05, 0.1) is 11.6 Å². The van der Waals surface area contributed by atoms with Crippen LogP contribution in [0.5, 0.6) is 11.5 Å². The molecule has 0 aliphatic rings. The SMILES string of the molecule is CC(=O)Oc1ccc(C(c2ccc(OC(C)=O)cc2)c2ccccn2)cc1.[Co].[Co].[Co].[Co].[Co].[La]. The molecule has 0 fully saturated rings. The maximum absolute atomic E-state index is 11.1. The van der Waals surface area contributed by atoms with Gasteiger partial charge in [-0.1, -0.05) is 30.3 Å². The second kappa shape index (κ2) is 20.4. The maximum atomic E-state index is 11.1. The van der Waals surface area contributed by atoms with Gasteiger partial charge in [0.15, 0.2) is 0 Å². The zero-order valence-corrected chi connectivity index (χ0v) is 26.2. The molecular weight excluding hydrogens is 776 g/mol. The summed E-state index contributed by atoms with van der Waals surface area (Å²) in [5, 5.41) is 0. The number of ether oxygens (including phenoxy) is 2.